The molecule has 0 fully saturated rings. The van der Waals surface area contributed by atoms with Crippen LogP contribution in [0.3, 0.4) is 0 Å². The zero-order chi connectivity index (χ0) is 22.6. The number of allylic oxidation sites excluding steroid dienone is 1. The molecule has 0 saturated heterocycles. The average Bonchev–Trinajstić information content (AvgIpc) is 3.08. The quantitative estimate of drug-likeness (QED) is 0.667. The fourth-order valence-corrected chi connectivity index (χ4v) is 2.67. The van der Waals surface area contributed by atoms with Crippen LogP contribution in [0.15, 0.2) is 30.5 Å². The van der Waals surface area contributed by atoms with E-state index in [4.69, 9.17) is 21.7 Å². The molecule has 6 nitrogen and oxygen atoms in total. The average molecular weight is 440 g/mol. The lowest BCUT2D eigenvalue weighted by atomic mass is 10.1. The predicted octanol–water partition coefficient (Wildman–Crippen LogP) is 3.99. The molecular weight excluding hydrogens is 414 g/mol. The van der Waals surface area contributed by atoms with E-state index in [2.05, 4.69) is 9.97 Å². The Bertz CT molecular complexity index is 944. The van der Waals surface area contributed by atoms with Gasteiger partial charge in [0.2, 0.25) is 0 Å². The SMILES string of the molecule is CC(C)c1cnc(/C(=C\C(=[NH2+])Cl)N(Cc2c(F)cccc2F)C(=O)OC(C)(C)C)[nH]1. The number of imidazole rings is 1. The van der Waals surface area contributed by atoms with Crippen molar-refractivity contribution in [1.82, 2.24) is 14.9 Å². The van der Waals surface area contributed by atoms with Crippen molar-refractivity contribution in [2.24, 2.45) is 0 Å². The second kappa shape index (κ2) is 9.38. The summed E-state index contributed by atoms with van der Waals surface area (Å²) in [6.45, 7) is 8.51. The Morgan fingerprint density at radius 2 is 1.93 bits per heavy atom. The van der Waals surface area contributed by atoms with Crippen LogP contribution in [-0.4, -0.2) is 31.7 Å². The lowest BCUT2D eigenvalue weighted by Crippen LogP contribution is -2.38. The molecular formula is C21H26ClF2N4O2+. The smallest absolute Gasteiger partial charge is 0.415 e. The molecule has 2 rings (SSSR count). The minimum atomic E-state index is -0.850. The zero-order valence-electron chi connectivity index (χ0n) is 17.6. The minimum absolute atomic E-state index is 0.117. The van der Waals surface area contributed by atoms with Crippen molar-refractivity contribution in [2.45, 2.75) is 52.7 Å². The Kier molecular flexibility index (Phi) is 7.36. The molecule has 0 aliphatic heterocycles. The number of aromatic nitrogens is 2. The summed E-state index contributed by atoms with van der Waals surface area (Å²) in [4.78, 5) is 21.4. The number of aromatic amines is 1. The van der Waals surface area contributed by atoms with Crippen LogP contribution in [0.1, 0.15) is 57.6 Å². The molecule has 1 amide bonds. The van der Waals surface area contributed by atoms with E-state index in [9.17, 15) is 13.6 Å². The molecule has 0 aliphatic carbocycles. The van der Waals surface area contributed by atoms with Gasteiger partial charge < -0.3 is 9.72 Å². The van der Waals surface area contributed by atoms with Crippen molar-refractivity contribution < 1.29 is 23.7 Å². The summed E-state index contributed by atoms with van der Waals surface area (Å²) in [6.07, 6.45) is 2.05. The van der Waals surface area contributed by atoms with Gasteiger partial charge in [0.05, 0.1) is 12.2 Å². The van der Waals surface area contributed by atoms with E-state index in [1.165, 1.54) is 12.1 Å². The number of benzene rings is 1. The first-order chi connectivity index (χ1) is 13.9. The van der Waals surface area contributed by atoms with Gasteiger partial charge in [0.15, 0.2) is 5.82 Å². The van der Waals surface area contributed by atoms with Crippen LogP contribution in [0.5, 0.6) is 0 Å². The Morgan fingerprint density at radius 1 is 1.33 bits per heavy atom. The molecule has 1 heterocycles. The van der Waals surface area contributed by atoms with Gasteiger partial charge in [0.1, 0.15) is 17.2 Å². The number of nitrogens with zero attached hydrogens (tertiary/aromatic N) is 2. The monoisotopic (exact) mass is 439 g/mol. The molecule has 2 aromatic rings. The summed E-state index contributed by atoms with van der Waals surface area (Å²) in [5, 5.41) is 5.51. The standard InChI is InChI=1S/C21H25ClF2N4O2/c1-12(2)16-10-26-19(27-16)17(9-18(22)25)28(20(29)30-21(3,4)5)11-13-14(23)7-6-8-15(13)24/h6-10,12,25H,11H2,1-5H3,(H,26,27)/p+1/b17-9+,25-18?. The van der Waals surface area contributed by atoms with Gasteiger partial charge in [-0.1, -0.05) is 19.9 Å². The Hall–Kier alpha value is -2.74. The van der Waals surface area contributed by atoms with E-state index in [1.807, 2.05) is 13.8 Å². The number of rotatable bonds is 6. The van der Waals surface area contributed by atoms with Crippen LogP contribution in [0.2, 0.25) is 0 Å². The second-order valence-electron chi connectivity index (χ2n) is 8.02. The number of H-pyrrole nitrogens is 1. The molecule has 0 unspecified atom stereocenters. The van der Waals surface area contributed by atoms with Crippen LogP contribution in [-0.2, 0) is 11.3 Å². The van der Waals surface area contributed by atoms with E-state index in [-0.39, 0.29) is 28.2 Å². The summed E-state index contributed by atoms with van der Waals surface area (Å²) < 4.78 is 34.1. The highest BCUT2D eigenvalue weighted by Gasteiger charge is 2.29. The van der Waals surface area contributed by atoms with Gasteiger partial charge in [0.25, 0.3) is 5.17 Å². The Balaban J connectivity index is 2.60. The number of amides is 1. The predicted molar refractivity (Wildman–Crippen MR) is 112 cm³/mol. The highest BCUT2D eigenvalue weighted by molar-refractivity contribution is 6.67. The summed E-state index contributed by atoms with van der Waals surface area (Å²) >= 11 is 5.89. The van der Waals surface area contributed by atoms with Gasteiger partial charge in [-0.25, -0.2) is 24.0 Å². The van der Waals surface area contributed by atoms with E-state index >= 15 is 0 Å². The maximum absolute atomic E-state index is 14.3. The molecule has 0 saturated carbocycles. The molecule has 0 radical (unpaired) electrons. The van der Waals surface area contributed by atoms with Crippen LogP contribution in [0.25, 0.3) is 5.70 Å². The first-order valence-corrected chi connectivity index (χ1v) is 9.75. The minimum Gasteiger partial charge on any atom is -0.443 e. The fourth-order valence-electron chi connectivity index (χ4n) is 2.57. The number of hydrogen-bond donors (Lipinski definition) is 2. The molecule has 162 valence electrons. The highest BCUT2D eigenvalue weighted by Crippen LogP contribution is 2.26. The lowest BCUT2D eigenvalue weighted by Gasteiger charge is -2.28. The fraction of sp³-hybridized carbons (Fsp3) is 0.381. The van der Waals surface area contributed by atoms with E-state index < -0.39 is 29.9 Å². The normalized spacial score (nSPS) is 12.2. The molecule has 9 heteroatoms. The van der Waals surface area contributed by atoms with Gasteiger partial charge in [0, 0.05) is 23.5 Å². The summed E-state index contributed by atoms with van der Waals surface area (Å²) in [7, 11) is 0. The van der Waals surface area contributed by atoms with Crippen molar-refractivity contribution in [2.75, 3.05) is 0 Å². The van der Waals surface area contributed by atoms with Gasteiger partial charge >= 0.3 is 6.09 Å². The maximum Gasteiger partial charge on any atom is 0.415 e. The van der Waals surface area contributed by atoms with Crippen LogP contribution < -0.4 is 5.41 Å². The molecule has 1 aromatic carbocycles. The van der Waals surface area contributed by atoms with Gasteiger partial charge in [-0.3, -0.25) is 4.90 Å². The van der Waals surface area contributed by atoms with Gasteiger partial charge in [-0.2, -0.15) is 0 Å². The zero-order valence-corrected chi connectivity index (χ0v) is 18.3. The highest BCUT2D eigenvalue weighted by atomic mass is 35.5. The molecule has 0 bridgehead atoms. The molecule has 0 aliphatic rings. The summed E-state index contributed by atoms with van der Waals surface area (Å²) in [6, 6.07) is 3.47. The molecule has 30 heavy (non-hydrogen) atoms. The Labute approximate surface area is 179 Å². The topological polar surface area (TPSA) is 83.8 Å². The summed E-state index contributed by atoms with van der Waals surface area (Å²) in [5.74, 6) is -1.21. The van der Waals surface area contributed by atoms with Crippen molar-refractivity contribution in [1.29, 1.82) is 0 Å². The van der Waals surface area contributed by atoms with Crippen molar-refractivity contribution in [3.63, 3.8) is 0 Å². The van der Waals surface area contributed by atoms with Gasteiger partial charge in [-0.15, -0.1) is 0 Å². The van der Waals surface area contributed by atoms with Crippen LogP contribution in [0.4, 0.5) is 13.6 Å². The first-order valence-electron chi connectivity index (χ1n) is 9.37. The first kappa shape index (κ1) is 23.5. The number of carbonyl (C=O) groups is 1. The Morgan fingerprint density at radius 3 is 2.40 bits per heavy atom. The molecule has 1 aromatic heterocycles. The van der Waals surface area contributed by atoms with Crippen LogP contribution in [0, 0.1) is 11.6 Å². The number of nitrogens with two attached hydrogens (primary N) is 1. The molecule has 3 N–H and O–H groups in total. The number of nitrogens with one attached hydrogen (secondary N) is 1. The second-order valence-corrected chi connectivity index (χ2v) is 8.46. The number of hydrogen-bond acceptors (Lipinski definition) is 3. The van der Waals surface area contributed by atoms with E-state index in [0.29, 0.717) is 0 Å². The third-order valence-corrected chi connectivity index (χ3v) is 4.13. The number of halogens is 3. The molecule has 0 atom stereocenters. The third kappa shape index (κ3) is 6.13. The van der Waals surface area contributed by atoms with Crippen LogP contribution >= 0.6 is 11.6 Å². The number of carbonyl (C=O) groups excluding carboxylic acids is 1. The van der Waals surface area contributed by atoms with Crippen molar-refractivity contribution in [3.8, 4) is 0 Å². The van der Waals surface area contributed by atoms with Crippen molar-refractivity contribution in [3.05, 3.63) is 59.2 Å². The van der Waals surface area contributed by atoms with Gasteiger partial charge in [-0.05, 0) is 50.4 Å². The third-order valence-electron chi connectivity index (χ3n) is 4.02. The number of ether oxygens (including phenoxy) is 1. The van der Waals surface area contributed by atoms with E-state index in [1.54, 1.807) is 27.0 Å². The van der Waals surface area contributed by atoms with E-state index in [0.717, 1.165) is 22.7 Å². The lowest BCUT2D eigenvalue weighted by molar-refractivity contribution is -0.107. The van der Waals surface area contributed by atoms with Crippen molar-refractivity contribution >= 4 is 28.6 Å². The largest absolute Gasteiger partial charge is 0.443 e. The summed E-state index contributed by atoms with van der Waals surface area (Å²) in [5.41, 5.74) is -0.244. The molecule has 0 spiro atoms. The maximum atomic E-state index is 14.3.